The molecule has 1 rings (SSSR count). The van der Waals surface area contributed by atoms with Gasteiger partial charge in [-0.15, -0.1) is 0 Å². The van der Waals surface area contributed by atoms with Crippen LogP contribution in [0.2, 0.25) is 5.02 Å². The molecule has 0 fully saturated rings. The van der Waals surface area contributed by atoms with E-state index in [1.54, 1.807) is 0 Å². The molecule has 0 atom stereocenters. The first-order chi connectivity index (χ1) is 7.33. The smallest absolute Gasteiger partial charge is 0.240 e. The number of nitrogens with one attached hydrogen (secondary N) is 1. The van der Waals surface area contributed by atoms with E-state index >= 15 is 0 Å². The van der Waals surface area contributed by atoms with Crippen LogP contribution in [0.1, 0.15) is 0 Å². The number of anilines is 1. The van der Waals surface area contributed by atoms with Crippen molar-refractivity contribution in [3.05, 3.63) is 34.8 Å². The third-order valence-corrected chi connectivity index (χ3v) is 3.60. The van der Waals surface area contributed by atoms with E-state index in [2.05, 4.69) is 11.3 Å². The number of hydrogen-bond acceptors (Lipinski definition) is 3. The van der Waals surface area contributed by atoms with Crippen LogP contribution in [0.25, 0.3) is 0 Å². The van der Waals surface area contributed by atoms with Gasteiger partial charge in [0.15, 0.2) is 0 Å². The van der Waals surface area contributed by atoms with Crippen LogP contribution in [-0.2, 0) is 10.0 Å². The van der Waals surface area contributed by atoms with Crippen LogP contribution in [0.4, 0.5) is 5.69 Å². The lowest BCUT2D eigenvalue weighted by Crippen LogP contribution is -2.24. The first-order valence-corrected chi connectivity index (χ1v) is 6.45. The fraction of sp³-hybridized carbons (Fsp3) is 0.111. The van der Waals surface area contributed by atoms with Gasteiger partial charge in [-0.3, -0.25) is 0 Å². The standard InChI is InChI=1S/C9H10Cl2N2O2S/c1-6(10)5-13-16(14,15)7-2-3-9(12)8(11)4-7/h2-4,13H,1,5,12H2. The van der Waals surface area contributed by atoms with Crippen molar-refractivity contribution < 1.29 is 8.42 Å². The van der Waals surface area contributed by atoms with E-state index in [4.69, 9.17) is 28.9 Å². The molecule has 0 amide bonds. The van der Waals surface area contributed by atoms with Gasteiger partial charge in [0.05, 0.1) is 15.6 Å². The lowest BCUT2D eigenvalue weighted by Gasteiger charge is -2.06. The molecular weight excluding hydrogens is 271 g/mol. The Kier molecular flexibility index (Phi) is 4.21. The first-order valence-electron chi connectivity index (χ1n) is 4.21. The highest BCUT2D eigenvalue weighted by Crippen LogP contribution is 2.22. The number of nitrogens with two attached hydrogens (primary N) is 1. The summed E-state index contributed by atoms with van der Waals surface area (Å²) in [5, 5.41) is 0.387. The highest BCUT2D eigenvalue weighted by molar-refractivity contribution is 7.89. The summed E-state index contributed by atoms with van der Waals surface area (Å²) < 4.78 is 25.6. The number of rotatable bonds is 4. The zero-order valence-corrected chi connectivity index (χ0v) is 10.5. The molecule has 0 spiro atoms. The fourth-order valence-corrected chi connectivity index (χ4v) is 2.37. The Morgan fingerprint density at radius 2 is 2.12 bits per heavy atom. The molecule has 7 heteroatoms. The molecule has 1 aromatic carbocycles. The quantitative estimate of drug-likeness (QED) is 0.828. The predicted octanol–water partition coefficient (Wildman–Crippen LogP) is 1.95. The van der Waals surface area contributed by atoms with Crippen LogP contribution in [0.15, 0.2) is 34.7 Å². The van der Waals surface area contributed by atoms with Crippen molar-refractivity contribution in [3.8, 4) is 0 Å². The summed E-state index contributed by atoms with van der Waals surface area (Å²) in [6, 6.07) is 4.06. The Morgan fingerprint density at radius 1 is 1.50 bits per heavy atom. The summed E-state index contributed by atoms with van der Waals surface area (Å²) in [6.45, 7) is 3.34. The molecule has 88 valence electrons. The zero-order valence-electron chi connectivity index (χ0n) is 8.20. The topological polar surface area (TPSA) is 72.2 Å². The van der Waals surface area contributed by atoms with Gasteiger partial charge in [-0.05, 0) is 18.2 Å². The molecule has 0 bridgehead atoms. The Hall–Kier alpha value is -0.750. The van der Waals surface area contributed by atoms with E-state index in [0.29, 0.717) is 5.69 Å². The maximum atomic E-state index is 11.7. The molecule has 0 aliphatic rings. The van der Waals surface area contributed by atoms with Gasteiger partial charge in [-0.1, -0.05) is 29.8 Å². The minimum absolute atomic E-state index is 0.0321. The van der Waals surface area contributed by atoms with E-state index in [1.165, 1.54) is 18.2 Å². The van der Waals surface area contributed by atoms with Crippen molar-refractivity contribution in [3.63, 3.8) is 0 Å². The van der Waals surface area contributed by atoms with Gasteiger partial charge in [0.2, 0.25) is 10.0 Å². The minimum Gasteiger partial charge on any atom is -0.398 e. The summed E-state index contributed by atoms with van der Waals surface area (Å²) in [5.74, 6) is 0. The van der Waals surface area contributed by atoms with Crippen molar-refractivity contribution in [2.24, 2.45) is 0 Å². The van der Waals surface area contributed by atoms with Gasteiger partial charge >= 0.3 is 0 Å². The summed E-state index contributed by atoms with van der Waals surface area (Å²) in [5.41, 5.74) is 5.79. The number of hydrogen-bond donors (Lipinski definition) is 2. The summed E-state index contributed by atoms with van der Waals surface area (Å²) >= 11 is 11.2. The summed E-state index contributed by atoms with van der Waals surface area (Å²) in [6.07, 6.45) is 0. The SMILES string of the molecule is C=C(Cl)CNS(=O)(=O)c1ccc(N)c(Cl)c1. The van der Waals surface area contributed by atoms with Crippen molar-refractivity contribution in [2.75, 3.05) is 12.3 Å². The van der Waals surface area contributed by atoms with Crippen LogP contribution in [0, 0.1) is 0 Å². The Labute approximate surface area is 104 Å². The summed E-state index contributed by atoms with van der Waals surface area (Å²) in [4.78, 5) is 0.0321. The van der Waals surface area contributed by atoms with Crippen molar-refractivity contribution in [1.82, 2.24) is 4.72 Å². The van der Waals surface area contributed by atoms with Gasteiger partial charge in [0, 0.05) is 11.6 Å². The van der Waals surface area contributed by atoms with E-state index in [-0.39, 0.29) is 21.5 Å². The molecular formula is C9H10Cl2N2O2S. The maximum Gasteiger partial charge on any atom is 0.240 e. The molecule has 0 heterocycles. The molecule has 1 aromatic rings. The second-order valence-electron chi connectivity index (χ2n) is 3.03. The highest BCUT2D eigenvalue weighted by Gasteiger charge is 2.14. The Bertz CT molecular complexity index is 514. The third kappa shape index (κ3) is 3.38. The molecule has 4 nitrogen and oxygen atoms in total. The number of nitrogen functional groups attached to an aromatic ring is 1. The van der Waals surface area contributed by atoms with Gasteiger partial charge in [-0.2, -0.15) is 0 Å². The van der Waals surface area contributed by atoms with Crippen LogP contribution >= 0.6 is 23.2 Å². The molecule has 0 aromatic heterocycles. The van der Waals surface area contributed by atoms with Crippen LogP contribution in [0.5, 0.6) is 0 Å². The van der Waals surface area contributed by atoms with Gasteiger partial charge in [0.25, 0.3) is 0 Å². The molecule has 0 aliphatic heterocycles. The Balaban J connectivity index is 2.99. The first kappa shape index (κ1) is 13.3. The van der Waals surface area contributed by atoms with Crippen molar-refractivity contribution in [2.45, 2.75) is 4.90 Å². The van der Waals surface area contributed by atoms with Crippen LogP contribution < -0.4 is 10.5 Å². The van der Waals surface area contributed by atoms with Crippen LogP contribution in [-0.4, -0.2) is 15.0 Å². The van der Waals surface area contributed by atoms with Gasteiger partial charge < -0.3 is 5.73 Å². The lowest BCUT2D eigenvalue weighted by atomic mass is 10.3. The Morgan fingerprint density at radius 3 is 2.62 bits per heavy atom. The molecule has 0 saturated carbocycles. The number of sulfonamides is 1. The van der Waals surface area contributed by atoms with Crippen molar-refractivity contribution >= 4 is 38.9 Å². The van der Waals surface area contributed by atoms with Gasteiger partial charge in [0.1, 0.15) is 0 Å². The number of benzene rings is 1. The molecule has 0 aliphatic carbocycles. The van der Waals surface area contributed by atoms with E-state index < -0.39 is 10.0 Å². The largest absolute Gasteiger partial charge is 0.398 e. The highest BCUT2D eigenvalue weighted by atomic mass is 35.5. The maximum absolute atomic E-state index is 11.7. The second-order valence-corrected chi connectivity index (χ2v) is 5.73. The monoisotopic (exact) mass is 280 g/mol. The van der Waals surface area contributed by atoms with E-state index in [1.807, 2.05) is 0 Å². The number of halogens is 2. The lowest BCUT2D eigenvalue weighted by molar-refractivity contribution is 0.585. The molecule has 16 heavy (non-hydrogen) atoms. The fourth-order valence-electron chi connectivity index (χ4n) is 0.932. The second kappa shape index (κ2) is 5.05. The van der Waals surface area contributed by atoms with Gasteiger partial charge in [-0.25, -0.2) is 13.1 Å². The predicted molar refractivity (Wildman–Crippen MR) is 66.0 cm³/mol. The van der Waals surface area contributed by atoms with Crippen LogP contribution in [0.3, 0.4) is 0 Å². The molecule has 3 N–H and O–H groups in total. The van der Waals surface area contributed by atoms with Crippen molar-refractivity contribution in [1.29, 1.82) is 0 Å². The average Bonchev–Trinajstić information content (AvgIpc) is 2.19. The summed E-state index contributed by atoms with van der Waals surface area (Å²) in [7, 11) is -3.63. The van der Waals surface area contributed by atoms with E-state index in [0.717, 1.165) is 0 Å². The zero-order chi connectivity index (χ0) is 12.3. The molecule has 0 radical (unpaired) electrons. The van der Waals surface area contributed by atoms with E-state index in [9.17, 15) is 8.42 Å². The molecule has 0 saturated heterocycles. The normalized spacial score (nSPS) is 11.4. The average molecular weight is 281 g/mol. The molecule has 0 unspecified atom stereocenters. The minimum atomic E-state index is -3.63. The third-order valence-electron chi connectivity index (χ3n) is 1.74.